The molecule has 1 heterocycles. The first kappa shape index (κ1) is 26.6. The summed E-state index contributed by atoms with van der Waals surface area (Å²) < 4.78 is 73.9. The van der Waals surface area contributed by atoms with Gasteiger partial charge in [-0.1, -0.05) is 36.4 Å². The van der Waals surface area contributed by atoms with E-state index < -0.39 is 45.5 Å². The first-order chi connectivity index (χ1) is 17.5. The summed E-state index contributed by atoms with van der Waals surface area (Å²) in [5.41, 5.74) is 0.826. The summed E-state index contributed by atoms with van der Waals surface area (Å²) in [5, 5.41) is 4.92. The summed E-state index contributed by atoms with van der Waals surface area (Å²) in [6.45, 7) is 1.73. The molecule has 2 atom stereocenters. The number of cyclic esters (lactones) is 1. The molecule has 4 rings (SSSR count). The minimum Gasteiger partial charge on any atom is -0.438 e. The Morgan fingerprint density at radius 2 is 1.68 bits per heavy atom. The van der Waals surface area contributed by atoms with Gasteiger partial charge in [0.2, 0.25) is 0 Å². The van der Waals surface area contributed by atoms with Crippen LogP contribution in [-0.2, 0) is 24.8 Å². The van der Waals surface area contributed by atoms with Crippen LogP contribution in [0, 0.1) is 17.5 Å². The van der Waals surface area contributed by atoms with Crippen LogP contribution in [0.3, 0.4) is 0 Å². The maximum atomic E-state index is 14.1. The molecule has 37 heavy (non-hydrogen) atoms. The molecule has 11 heteroatoms. The number of halogens is 3. The van der Waals surface area contributed by atoms with E-state index in [9.17, 15) is 26.4 Å². The van der Waals surface area contributed by atoms with Crippen molar-refractivity contribution in [2.24, 2.45) is 5.14 Å². The molecule has 7 nitrogen and oxygen atoms in total. The van der Waals surface area contributed by atoms with Gasteiger partial charge in [0.1, 0.15) is 23.1 Å². The summed E-state index contributed by atoms with van der Waals surface area (Å²) >= 11 is 0. The predicted octanol–water partition coefficient (Wildman–Crippen LogP) is 5.18. The van der Waals surface area contributed by atoms with Gasteiger partial charge in [0.15, 0.2) is 0 Å². The monoisotopic (exact) mass is 534 g/mol. The number of carbonyl (C=O) groups excluding carboxylic acids is 1. The molecular weight excluding hydrogens is 509 g/mol. The van der Waals surface area contributed by atoms with Crippen molar-refractivity contribution in [3.63, 3.8) is 0 Å². The number of hydrogen-bond donors (Lipinski definition) is 1. The molecule has 0 unspecified atom stereocenters. The molecule has 0 bridgehead atoms. The van der Waals surface area contributed by atoms with Crippen molar-refractivity contribution >= 4 is 16.4 Å². The number of nitrogens with zero attached hydrogens (tertiary/aromatic N) is 1. The summed E-state index contributed by atoms with van der Waals surface area (Å²) in [4.78, 5) is 14.7. The molecule has 0 saturated carbocycles. The van der Waals surface area contributed by atoms with E-state index in [4.69, 9.17) is 9.88 Å². The van der Waals surface area contributed by atoms with Gasteiger partial charge in [-0.3, -0.25) is 4.18 Å². The van der Waals surface area contributed by atoms with Crippen LogP contribution in [0.25, 0.3) is 11.1 Å². The number of ether oxygens (including phenoxy) is 1. The fourth-order valence-electron chi connectivity index (χ4n) is 4.47. The lowest BCUT2D eigenvalue weighted by molar-refractivity contribution is -0.0702. The lowest BCUT2D eigenvalue weighted by atomic mass is 9.85. The van der Waals surface area contributed by atoms with Crippen LogP contribution >= 0.6 is 0 Å². The average molecular weight is 535 g/mol. The van der Waals surface area contributed by atoms with Gasteiger partial charge in [-0.2, -0.15) is 8.42 Å². The van der Waals surface area contributed by atoms with Gasteiger partial charge in [-0.15, -0.1) is 0 Å². The lowest BCUT2D eigenvalue weighted by Gasteiger charge is -2.43. The molecule has 1 saturated heterocycles. The molecule has 1 aliphatic rings. The van der Waals surface area contributed by atoms with Crippen LogP contribution in [0.4, 0.5) is 18.0 Å². The Morgan fingerprint density at radius 1 is 1.03 bits per heavy atom. The highest BCUT2D eigenvalue weighted by Gasteiger charge is 2.43. The number of carbonyl (C=O) groups is 1. The highest BCUT2D eigenvalue weighted by molar-refractivity contribution is 7.84. The van der Waals surface area contributed by atoms with Gasteiger partial charge in [0.05, 0.1) is 12.6 Å². The van der Waals surface area contributed by atoms with Crippen molar-refractivity contribution in [2.45, 2.75) is 31.4 Å². The van der Waals surface area contributed by atoms with E-state index >= 15 is 0 Å². The van der Waals surface area contributed by atoms with Crippen LogP contribution in [0.2, 0.25) is 0 Å². The minimum atomic E-state index is -4.20. The summed E-state index contributed by atoms with van der Waals surface area (Å²) in [7, 11) is -4.20. The zero-order chi connectivity index (χ0) is 26.8. The first-order valence-electron chi connectivity index (χ1n) is 11.5. The molecule has 0 spiro atoms. The van der Waals surface area contributed by atoms with E-state index in [0.29, 0.717) is 11.1 Å². The Balaban J connectivity index is 1.52. The van der Waals surface area contributed by atoms with E-state index in [1.54, 1.807) is 24.3 Å². The molecule has 0 radical (unpaired) electrons. The molecule has 1 fully saturated rings. The quantitative estimate of drug-likeness (QED) is 0.429. The van der Waals surface area contributed by atoms with Gasteiger partial charge in [0.25, 0.3) is 0 Å². The topological polar surface area (TPSA) is 98.9 Å². The van der Waals surface area contributed by atoms with Crippen LogP contribution in [0.15, 0.2) is 66.7 Å². The predicted molar refractivity (Wildman–Crippen MR) is 130 cm³/mol. The van der Waals surface area contributed by atoms with E-state index in [1.165, 1.54) is 41.3 Å². The van der Waals surface area contributed by atoms with Gasteiger partial charge in [-0.05, 0) is 47.9 Å². The van der Waals surface area contributed by atoms with Crippen molar-refractivity contribution in [3.8, 4) is 11.1 Å². The summed E-state index contributed by atoms with van der Waals surface area (Å²) in [6, 6.07) is 15.2. The Morgan fingerprint density at radius 3 is 2.27 bits per heavy atom. The standard InChI is InChI=1S/C26H25F3N2O5S/c1-17(18-2-4-19(5-3-18)23-11-10-22(28)16-24(23)29)31-14-12-26(36-25(31)32,13-15-35-37(30,33)34)20-6-8-21(27)9-7-20/h2-11,16-17H,12-15H2,1H3,(H2,30,33,34)/t17-,26-/m0/s1. The van der Waals surface area contributed by atoms with Crippen LogP contribution in [-0.4, -0.2) is 32.6 Å². The van der Waals surface area contributed by atoms with Crippen molar-refractivity contribution < 1.29 is 35.3 Å². The first-order valence-corrected chi connectivity index (χ1v) is 12.9. The zero-order valence-corrected chi connectivity index (χ0v) is 20.7. The van der Waals surface area contributed by atoms with E-state index in [-0.39, 0.29) is 31.6 Å². The molecule has 196 valence electrons. The van der Waals surface area contributed by atoms with Crippen molar-refractivity contribution in [1.29, 1.82) is 0 Å². The van der Waals surface area contributed by atoms with Gasteiger partial charge in [-0.25, -0.2) is 23.1 Å². The molecule has 2 N–H and O–H groups in total. The van der Waals surface area contributed by atoms with Crippen molar-refractivity contribution in [2.75, 3.05) is 13.2 Å². The largest absolute Gasteiger partial charge is 0.438 e. The van der Waals surface area contributed by atoms with Crippen LogP contribution in [0.5, 0.6) is 0 Å². The molecule has 3 aromatic rings. The van der Waals surface area contributed by atoms with Crippen LogP contribution in [0.1, 0.15) is 36.9 Å². The summed E-state index contributed by atoms with van der Waals surface area (Å²) in [6.07, 6.45) is -0.380. The molecular formula is C26H25F3N2O5S. The third-order valence-corrected chi connectivity index (χ3v) is 7.00. The second-order valence-corrected chi connectivity index (χ2v) is 10.0. The maximum absolute atomic E-state index is 14.1. The Hall–Kier alpha value is -3.41. The number of benzene rings is 3. The maximum Gasteiger partial charge on any atom is 0.411 e. The smallest absolute Gasteiger partial charge is 0.411 e. The number of rotatable bonds is 8. The van der Waals surface area contributed by atoms with Crippen molar-refractivity contribution in [1.82, 2.24) is 4.90 Å². The Labute approximate surface area is 212 Å². The second kappa shape index (κ2) is 10.5. The fourth-order valence-corrected chi connectivity index (χ4v) is 4.78. The van der Waals surface area contributed by atoms with E-state index in [1.807, 2.05) is 6.92 Å². The van der Waals surface area contributed by atoms with E-state index in [2.05, 4.69) is 4.18 Å². The van der Waals surface area contributed by atoms with E-state index in [0.717, 1.165) is 11.6 Å². The zero-order valence-electron chi connectivity index (χ0n) is 19.9. The normalized spacial score (nSPS) is 18.9. The number of nitrogens with two attached hydrogens (primary N) is 1. The molecule has 1 aliphatic heterocycles. The second-order valence-electron chi connectivity index (χ2n) is 8.80. The highest BCUT2D eigenvalue weighted by atomic mass is 32.2. The Bertz CT molecular complexity index is 1380. The molecule has 0 aliphatic carbocycles. The lowest BCUT2D eigenvalue weighted by Crippen LogP contribution is -2.49. The molecule has 3 aromatic carbocycles. The third kappa shape index (κ3) is 6.12. The van der Waals surface area contributed by atoms with Gasteiger partial charge < -0.3 is 9.64 Å². The SMILES string of the molecule is C[C@@H](c1ccc(-c2ccc(F)cc2F)cc1)N1CC[C@](CCOS(N)(=O)=O)(c2ccc(F)cc2)OC1=O. The summed E-state index contributed by atoms with van der Waals surface area (Å²) in [5.74, 6) is -1.81. The highest BCUT2D eigenvalue weighted by Crippen LogP contribution is 2.40. The minimum absolute atomic E-state index is 0.0129. The van der Waals surface area contributed by atoms with Crippen molar-refractivity contribution in [3.05, 3.63) is 95.3 Å². The van der Waals surface area contributed by atoms with Gasteiger partial charge >= 0.3 is 16.4 Å². The fraction of sp³-hybridized carbons (Fsp3) is 0.269. The molecule has 1 amide bonds. The molecule has 0 aromatic heterocycles. The Kier molecular flexibility index (Phi) is 7.58. The number of amides is 1. The van der Waals surface area contributed by atoms with Crippen LogP contribution < -0.4 is 5.14 Å². The third-order valence-electron chi connectivity index (χ3n) is 6.50. The van der Waals surface area contributed by atoms with Gasteiger partial charge in [0, 0.05) is 31.0 Å². The number of hydrogen-bond acceptors (Lipinski definition) is 5. The average Bonchev–Trinajstić information content (AvgIpc) is 2.83.